The topological polar surface area (TPSA) is 12.5 Å². The summed E-state index contributed by atoms with van der Waals surface area (Å²) < 4.78 is 5.49. The van der Waals surface area contributed by atoms with Gasteiger partial charge in [0.05, 0.1) is 6.61 Å². The molecule has 0 fully saturated rings. The average molecular weight is 192 g/mol. The molecule has 0 amide bonds. The van der Waals surface area contributed by atoms with Crippen molar-refractivity contribution >= 4 is 0 Å². The summed E-state index contributed by atoms with van der Waals surface area (Å²) in [5, 5.41) is 0. The summed E-state index contributed by atoms with van der Waals surface area (Å²) in [6, 6.07) is 8.17. The molecule has 14 heavy (non-hydrogen) atoms. The molecular formula is C12H18NO-. The Hall–Kier alpha value is -1.02. The maximum Gasteiger partial charge on any atom is 0.119 e. The highest BCUT2D eigenvalue weighted by Gasteiger charge is 1.94. The van der Waals surface area contributed by atoms with Crippen molar-refractivity contribution in [1.82, 2.24) is 4.90 Å². The van der Waals surface area contributed by atoms with Crippen LogP contribution in [0.25, 0.3) is 0 Å². The molecule has 1 rings (SSSR count). The standard InChI is InChI=1S/C12H18NO/c1-4-9-14-12-7-5-11(6-8-12)10-13(2)3/h5-8H,2,4,9-10H2,1,3H3/q-1. The third-order valence-corrected chi connectivity index (χ3v) is 1.85. The minimum atomic E-state index is 0.786. The van der Waals surface area contributed by atoms with Crippen molar-refractivity contribution in [3.8, 4) is 5.75 Å². The van der Waals surface area contributed by atoms with E-state index < -0.39 is 0 Å². The molecule has 1 aromatic rings. The lowest BCUT2D eigenvalue weighted by Gasteiger charge is -2.17. The lowest BCUT2D eigenvalue weighted by atomic mass is 10.2. The third kappa shape index (κ3) is 3.79. The van der Waals surface area contributed by atoms with Gasteiger partial charge in [-0.25, -0.2) is 0 Å². The van der Waals surface area contributed by atoms with Gasteiger partial charge in [-0.05, 0) is 37.7 Å². The van der Waals surface area contributed by atoms with Crippen LogP contribution in [0.15, 0.2) is 24.3 Å². The highest BCUT2D eigenvalue weighted by molar-refractivity contribution is 5.27. The van der Waals surface area contributed by atoms with Gasteiger partial charge in [0.2, 0.25) is 0 Å². The van der Waals surface area contributed by atoms with E-state index in [4.69, 9.17) is 4.74 Å². The molecule has 0 bridgehead atoms. The van der Waals surface area contributed by atoms with Crippen molar-refractivity contribution in [3.63, 3.8) is 0 Å². The van der Waals surface area contributed by atoms with Gasteiger partial charge in [0.15, 0.2) is 0 Å². The lowest BCUT2D eigenvalue weighted by Crippen LogP contribution is -2.07. The van der Waals surface area contributed by atoms with Crippen LogP contribution in [0.2, 0.25) is 0 Å². The van der Waals surface area contributed by atoms with Crippen LogP contribution >= 0.6 is 0 Å². The highest BCUT2D eigenvalue weighted by atomic mass is 16.5. The molecule has 0 aromatic heterocycles. The predicted octanol–water partition coefficient (Wildman–Crippen LogP) is 2.70. The van der Waals surface area contributed by atoms with Crippen molar-refractivity contribution in [2.24, 2.45) is 0 Å². The zero-order chi connectivity index (χ0) is 10.4. The second-order valence-electron chi connectivity index (χ2n) is 3.51. The number of benzene rings is 1. The molecule has 1 aromatic carbocycles. The van der Waals surface area contributed by atoms with Crippen LogP contribution < -0.4 is 4.74 Å². The molecule has 0 unspecified atom stereocenters. The van der Waals surface area contributed by atoms with Crippen molar-refractivity contribution in [3.05, 3.63) is 36.9 Å². The van der Waals surface area contributed by atoms with Crippen molar-refractivity contribution < 1.29 is 4.74 Å². The van der Waals surface area contributed by atoms with Gasteiger partial charge < -0.3 is 9.64 Å². The zero-order valence-corrected chi connectivity index (χ0v) is 8.99. The first kappa shape index (κ1) is 11.1. The number of hydrogen-bond donors (Lipinski definition) is 0. The van der Waals surface area contributed by atoms with Crippen LogP contribution in [0.3, 0.4) is 0 Å². The number of hydrogen-bond acceptors (Lipinski definition) is 2. The molecule has 0 radical (unpaired) electrons. The molecular weight excluding hydrogens is 174 g/mol. The monoisotopic (exact) mass is 192 g/mol. The Morgan fingerprint density at radius 1 is 1.29 bits per heavy atom. The molecule has 0 saturated carbocycles. The largest absolute Gasteiger partial charge is 0.494 e. The van der Waals surface area contributed by atoms with Gasteiger partial charge in [0, 0.05) is 0 Å². The van der Waals surface area contributed by atoms with E-state index in [9.17, 15) is 0 Å². The smallest absolute Gasteiger partial charge is 0.119 e. The van der Waals surface area contributed by atoms with Crippen LogP contribution in [0.5, 0.6) is 5.75 Å². The summed E-state index contributed by atoms with van der Waals surface area (Å²) in [5.74, 6) is 0.947. The van der Waals surface area contributed by atoms with Crippen molar-refractivity contribution in [2.75, 3.05) is 13.7 Å². The minimum absolute atomic E-state index is 0.786. The fourth-order valence-electron chi connectivity index (χ4n) is 1.22. The molecule has 0 aliphatic rings. The Kier molecular flexibility index (Phi) is 4.47. The van der Waals surface area contributed by atoms with Gasteiger partial charge in [-0.2, -0.15) is 0 Å². The summed E-state index contributed by atoms with van der Waals surface area (Å²) in [6.07, 6.45) is 1.05. The van der Waals surface area contributed by atoms with Crippen LogP contribution in [-0.4, -0.2) is 18.6 Å². The molecule has 78 valence electrons. The lowest BCUT2D eigenvalue weighted by molar-refractivity contribution is 0.317. The van der Waals surface area contributed by atoms with E-state index in [1.54, 1.807) is 0 Å². The second-order valence-corrected chi connectivity index (χ2v) is 3.51. The van der Waals surface area contributed by atoms with E-state index in [-0.39, 0.29) is 0 Å². The number of rotatable bonds is 5. The van der Waals surface area contributed by atoms with Crippen LogP contribution in [0, 0.1) is 7.05 Å². The normalized spacial score (nSPS) is 10.6. The Balaban J connectivity index is 2.50. The highest BCUT2D eigenvalue weighted by Crippen LogP contribution is 2.13. The Labute approximate surface area is 86.5 Å². The van der Waals surface area contributed by atoms with E-state index in [0.717, 1.165) is 25.3 Å². The Bertz CT molecular complexity index is 254. The van der Waals surface area contributed by atoms with Crippen molar-refractivity contribution in [1.29, 1.82) is 0 Å². The number of ether oxygens (including phenoxy) is 1. The molecule has 0 heterocycles. The maximum absolute atomic E-state index is 5.49. The molecule has 0 N–H and O–H groups in total. The van der Waals surface area contributed by atoms with Gasteiger partial charge in [-0.15, -0.1) is 0 Å². The summed E-state index contributed by atoms with van der Waals surface area (Å²) in [4.78, 5) is 1.90. The average Bonchev–Trinajstić information content (AvgIpc) is 2.16. The SMILES string of the molecule is [CH2-]N(C)Cc1ccc(OCCC)cc1. The first-order valence-corrected chi connectivity index (χ1v) is 4.95. The first-order valence-electron chi connectivity index (χ1n) is 4.95. The summed E-state index contributed by atoms with van der Waals surface area (Å²) in [7, 11) is 5.77. The Morgan fingerprint density at radius 3 is 2.43 bits per heavy atom. The molecule has 0 saturated heterocycles. The van der Waals surface area contributed by atoms with Gasteiger partial charge >= 0.3 is 0 Å². The van der Waals surface area contributed by atoms with Crippen LogP contribution in [-0.2, 0) is 6.54 Å². The van der Waals surface area contributed by atoms with Gasteiger partial charge in [-0.1, -0.05) is 19.1 Å². The van der Waals surface area contributed by atoms with Crippen LogP contribution in [0.1, 0.15) is 18.9 Å². The molecule has 0 aliphatic heterocycles. The van der Waals surface area contributed by atoms with E-state index >= 15 is 0 Å². The van der Waals surface area contributed by atoms with E-state index in [1.807, 2.05) is 24.1 Å². The first-order chi connectivity index (χ1) is 6.72. The molecule has 2 nitrogen and oxygen atoms in total. The van der Waals surface area contributed by atoms with E-state index in [0.29, 0.717) is 0 Å². The second kappa shape index (κ2) is 5.66. The predicted molar refractivity (Wildman–Crippen MR) is 59.1 cm³/mol. The molecule has 0 aliphatic carbocycles. The molecule has 0 spiro atoms. The zero-order valence-electron chi connectivity index (χ0n) is 8.99. The minimum Gasteiger partial charge on any atom is -0.494 e. The third-order valence-electron chi connectivity index (χ3n) is 1.85. The quantitative estimate of drug-likeness (QED) is 0.665. The summed E-state index contributed by atoms with van der Waals surface area (Å²) in [6.45, 7) is 3.76. The van der Waals surface area contributed by atoms with E-state index in [1.165, 1.54) is 5.56 Å². The fraction of sp³-hybridized carbons (Fsp3) is 0.417. The van der Waals surface area contributed by atoms with Crippen LogP contribution in [0.4, 0.5) is 0 Å². The van der Waals surface area contributed by atoms with Gasteiger partial charge in [0.25, 0.3) is 0 Å². The molecule has 0 atom stereocenters. The van der Waals surface area contributed by atoms with E-state index in [2.05, 4.69) is 26.1 Å². The Morgan fingerprint density at radius 2 is 1.93 bits per heavy atom. The van der Waals surface area contributed by atoms with Gasteiger partial charge in [-0.3, -0.25) is 7.05 Å². The fourth-order valence-corrected chi connectivity index (χ4v) is 1.22. The summed E-state index contributed by atoms with van der Waals surface area (Å²) >= 11 is 0. The number of nitrogens with zero attached hydrogens (tertiary/aromatic N) is 1. The maximum atomic E-state index is 5.49. The van der Waals surface area contributed by atoms with Crippen molar-refractivity contribution in [2.45, 2.75) is 19.9 Å². The summed E-state index contributed by atoms with van der Waals surface area (Å²) in [5.41, 5.74) is 1.26. The van der Waals surface area contributed by atoms with Gasteiger partial charge in [0.1, 0.15) is 5.75 Å². The molecule has 2 heteroatoms.